The summed E-state index contributed by atoms with van der Waals surface area (Å²) in [5.41, 5.74) is 2.15. The van der Waals surface area contributed by atoms with Crippen LogP contribution < -0.4 is 5.32 Å². The third-order valence-electron chi connectivity index (χ3n) is 4.53. The minimum absolute atomic E-state index is 0.128. The van der Waals surface area contributed by atoms with Gasteiger partial charge < -0.3 is 5.11 Å². The summed E-state index contributed by atoms with van der Waals surface area (Å²) in [6.45, 7) is 4.33. The van der Waals surface area contributed by atoms with E-state index in [9.17, 15) is 14.7 Å². The minimum Gasteiger partial charge on any atom is -0.464 e. The number of halogens is 1. The van der Waals surface area contributed by atoms with Crippen LogP contribution in [0, 0.1) is 0 Å². The number of benzene rings is 2. The summed E-state index contributed by atoms with van der Waals surface area (Å²) in [6.07, 6.45) is -1.42. The van der Waals surface area contributed by atoms with E-state index in [1.54, 1.807) is 0 Å². The lowest BCUT2D eigenvalue weighted by Gasteiger charge is -2.28. The number of hydrogen-bond donors (Lipinski definition) is 2. The maximum atomic E-state index is 12.9. The smallest absolute Gasteiger partial charge is 0.419 e. The Morgan fingerprint density at radius 3 is 2.25 bits per heavy atom. The monoisotopic (exact) mass is 398 g/mol. The highest BCUT2D eigenvalue weighted by molar-refractivity contribution is 6.29. The van der Waals surface area contributed by atoms with Gasteiger partial charge >= 0.3 is 12.0 Å². The van der Waals surface area contributed by atoms with E-state index in [-0.39, 0.29) is 17.3 Å². The van der Waals surface area contributed by atoms with E-state index in [4.69, 9.17) is 11.6 Å². The van der Waals surface area contributed by atoms with E-state index < -0.39 is 18.2 Å². The summed E-state index contributed by atoms with van der Waals surface area (Å²) in [7, 11) is 0. The molecule has 7 heteroatoms. The fraction of sp³-hybridized carbons (Fsp3) is 0.190. The second-order valence-corrected chi connectivity index (χ2v) is 6.78. The lowest BCUT2D eigenvalue weighted by molar-refractivity contribution is -0.499. The number of carbonyl (C=O) groups is 2. The van der Waals surface area contributed by atoms with Gasteiger partial charge in [0.25, 0.3) is 11.3 Å². The molecule has 2 aromatic carbocycles. The van der Waals surface area contributed by atoms with Crippen LogP contribution in [0.15, 0.2) is 71.5 Å². The maximum Gasteiger partial charge on any atom is 0.419 e. The van der Waals surface area contributed by atoms with Crippen LogP contribution in [0.4, 0.5) is 4.79 Å². The number of imide groups is 1. The van der Waals surface area contributed by atoms with Crippen LogP contribution >= 0.6 is 11.6 Å². The van der Waals surface area contributed by atoms with Gasteiger partial charge in [-0.2, -0.15) is 4.58 Å². The van der Waals surface area contributed by atoms with Gasteiger partial charge in [-0.05, 0) is 29.1 Å². The molecule has 2 N–H and O–H groups in total. The molecule has 2 amide bonds. The second-order valence-electron chi connectivity index (χ2n) is 6.42. The van der Waals surface area contributed by atoms with Crippen molar-refractivity contribution >= 4 is 30.3 Å². The van der Waals surface area contributed by atoms with Crippen molar-refractivity contribution in [3.63, 3.8) is 0 Å². The summed E-state index contributed by atoms with van der Waals surface area (Å²) < 4.78 is 1.34. The molecule has 0 aromatic heterocycles. The Kier molecular flexibility index (Phi) is 6.23. The lowest BCUT2D eigenvalue weighted by atomic mass is 10.1. The number of carbonyl (C=O) groups excluding carboxylic acids is 1. The zero-order chi connectivity index (χ0) is 20.1. The molecule has 144 valence electrons. The molecule has 0 radical (unpaired) electrons. The molecule has 28 heavy (non-hydrogen) atoms. The Morgan fingerprint density at radius 2 is 1.68 bits per heavy atom. The summed E-state index contributed by atoms with van der Waals surface area (Å²) in [4.78, 5) is 25.4. The first-order valence-electron chi connectivity index (χ1n) is 8.85. The van der Waals surface area contributed by atoms with E-state index in [1.807, 2.05) is 60.7 Å². The van der Waals surface area contributed by atoms with Gasteiger partial charge in [-0.1, -0.05) is 60.7 Å². The minimum atomic E-state index is -1.36. The number of nitrogens with zero attached hydrogens (tertiary/aromatic N) is 2. The highest BCUT2D eigenvalue weighted by atomic mass is 35.5. The van der Waals surface area contributed by atoms with Gasteiger partial charge in [-0.3, -0.25) is 10.1 Å². The molecule has 1 heterocycles. The quantitative estimate of drug-likeness (QED) is 0.579. The number of rotatable bonds is 6. The first-order valence-corrected chi connectivity index (χ1v) is 9.23. The van der Waals surface area contributed by atoms with Crippen molar-refractivity contribution in [1.82, 2.24) is 10.2 Å². The van der Waals surface area contributed by atoms with Gasteiger partial charge in [0.2, 0.25) is 0 Å². The fourth-order valence-corrected chi connectivity index (χ4v) is 3.36. The van der Waals surface area contributed by atoms with Gasteiger partial charge in [0.05, 0.1) is 0 Å². The Bertz CT molecular complexity index is 913. The number of allylic oxidation sites excluding steroid dienone is 1. The predicted octanol–water partition coefficient (Wildman–Crippen LogP) is 3.03. The lowest BCUT2D eigenvalue weighted by Crippen LogP contribution is -2.57. The Labute approximate surface area is 168 Å². The summed E-state index contributed by atoms with van der Waals surface area (Å²) in [5.74, 6) is -0.620. The summed E-state index contributed by atoms with van der Waals surface area (Å²) >= 11 is 6.42. The average Bonchev–Trinajstić information content (AvgIpc) is 2.70. The molecular weight excluding hydrogens is 378 g/mol. The molecule has 0 saturated carbocycles. The van der Waals surface area contributed by atoms with Gasteiger partial charge in [0.15, 0.2) is 0 Å². The van der Waals surface area contributed by atoms with Crippen LogP contribution in [0.5, 0.6) is 0 Å². The van der Waals surface area contributed by atoms with Crippen molar-refractivity contribution in [3.05, 3.63) is 82.6 Å². The highest BCUT2D eigenvalue weighted by Gasteiger charge is 2.46. The predicted molar refractivity (Wildman–Crippen MR) is 107 cm³/mol. The molecule has 0 fully saturated rings. The van der Waals surface area contributed by atoms with Gasteiger partial charge in [-0.25, -0.2) is 9.69 Å². The van der Waals surface area contributed by atoms with E-state index in [2.05, 4.69) is 12.0 Å². The van der Waals surface area contributed by atoms with Gasteiger partial charge in [-0.15, -0.1) is 0 Å². The number of nitrogens with one attached hydrogen (secondary N) is 1. The van der Waals surface area contributed by atoms with Crippen molar-refractivity contribution in [1.29, 1.82) is 0 Å². The van der Waals surface area contributed by atoms with E-state index in [0.29, 0.717) is 13.0 Å². The topological polar surface area (TPSA) is 72.6 Å². The fourth-order valence-electron chi connectivity index (χ4n) is 3.11. The normalized spacial score (nSPS) is 17.2. The first kappa shape index (κ1) is 19.8. The second kappa shape index (κ2) is 8.82. The molecular formula is C21H21ClN3O3+. The number of amides is 2. The van der Waals surface area contributed by atoms with E-state index in [1.165, 1.54) is 4.58 Å². The standard InChI is InChI=1S/C21H20ClN3O3/c1-24-18(22)17(14-16-10-6-3-7-11-16)25(21(27)28)20(26)19(24)23-13-12-15-8-4-2-5-9-15/h2-11,19,23H,1,12-14H2/p+1. The van der Waals surface area contributed by atoms with Crippen molar-refractivity contribution in [3.8, 4) is 0 Å². The summed E-state index contributed by atoms with van der Waals surface area (Å²) in [5, 5.41) is 12.8. The van der Waals surface area contributed by atoms with Crippen LogP contribution in [0.25, 0.3) is 0 Å². The average molecular weight is 399 g/mol. The number of carboxylic acid groups (broad SMARTS) is 1. The zero-order valence-corrected chi connectivity index (χ0v) is 16.0. The van der Waals surface area contributed by atoms with Crippen molar-refractivity contribution in [2.75, 3.05) is 6.54 Å². The van der Waals surface area contributed by atoms with Crippen LogP contribution in [0.2, 0.25) is 0 Å². The molecule has 1 aliphatic heterocycles. The maximum absolute atomic E-state index is 12.9. The largest absolute Gasteiger partial charge is 0.464 e. The third-order valence-corrected chi connectivity index (χ3v) is 4.96. The van der Waals surface area contributed by atoms with E-state index >= 15 is 0 Å². The molecule has 0 bridgehead atoms. The number of hydrogen-bond acceptors (Lipinski definition) is 3. The van der Waals surface area contributed by atoms with Gasteiger partial charge in [0.1, 0.15) is 12.4 Å². The highest BCUT2D eigenvalue weighted by Crippen LogP contribution is 2.26. The third kappa shape index (κ3) is 4.30. The molecule has 0 spiro atoms. The molecule has 0 aliphatic carbocycles. The van der Waals surface area contributed by atoms with Crippen LogP contribution in [-0.2, 0) is 17.6 Å². The molecule has 1 atom stereocenters. The van der Waals surface area contributed by atoms with Crippen LogP contribution in [0.1, 0.15) is 11.1 Å². The van der Waals surface area contributed by atoms with Crippen molar-refractivity contribution in [2.45, 2.75) is 19.0 Å². The molecule has 6 nitrogen and oxygen atoms in total. The van der Waals surface area contributed by atoms with Crippen LogP contribution in [0.3, 0.4) is 0 Å². The van der Waals surface area contributed by atoms with Gasteiger partial charge in [0, 0.05) is 13.0 Å². The molecule has 0 saturated heterocycles. The van der Waals surface area contributed by atoms with Crippen LogP contribution in [-0.4, -0.2) is 46.0 Å². The Hall–Kier alpha value is -2.96. The van der Waals surface area contributed by atoms with E-state index in [0.717, 1.165) is 16.0 Å². The molecule has 2 aromatic rings. The van der Waals surface area contributed by atoms with Crippen molar-refractivity contribution in [2.24, 2.45) is 0 Å². The molecule has 1 aliphatic rings. The SMILES string of the molecule is C=[N+]1C(Cl)=C(Cc2ccccc2)N(C(=O)O)C(=O)C1NCCc1ccccc1. The zero-order valence-electron chi connectivity index (χ0n) is 15.2. The van der Waals surface area contributed by atoms with Crippen molar-refractivity contribution < 1.29 is 19.3 Å². The Morgan fingerprint density at radius 1 is 1.11 bits per heavy atom. The first-order chi connectivity index (χ1) is 13.5. The Balaban J connectivity index is 1.80. The molecule has 3 rings (SSSR count). The summed E-state index contributed by atoms with van der Waals surface area (Å²) in [6, 6.07) is 19.0. The molecule has 1 unspecified atom stereocenters.